The zero-order valence-corrected chi connectivity index (χ0v) is 14.9. The fourth-order valence-electron chi connectivity index (χ4n) is 2.24. The third-order valence-electron chi connectivity index (χ3n) is 3.56. The number of rotatable bonds is 8. The van der Waals surface area contributed by atoms with Crippen LogP contribution < -0.4 is 15.8 Å². The van der Waals surface area contributed by atoms with Crippen LogP contribution in [0.15, 0.2) is 48.5 Å². The number of aryl methyl sites for hydroxylation is 1. The highest BCUT2D eigenvalue weighted by molar-refractivity contribution is 7.98. The van der Waals surface area contributed by atoms with Crippen molar-refractivity contribution in [3.05, 3.63) is 59.7 Å². The molecule has 0 saturated carbocycles. The van der Waals surface area contributed by atoms with Gasteiger partial charge < -0.3 is 15.8 Å². The molecule has 5 heteroatoms. The lowest BCUT2D eigenvalue weighted by atomic mass is 10.1. The number of hydrogen-bond acceptors (Lipinski definition) is 4. The smallest absolute Gasteiger partial charge is 0.241 e. The summed E-state index contributed by atoms with van der Waals surface area (Å²) in [6.45, 7) is 2.55. The van der Waals surface area contributed by atoms with E-state index < -0.39 is 6.04 Å². The molecule has 0 aliphatic heterocycles. The van der Waals surface area contributed by atoms with E-state index in [1.54, 1.807) is 11.8 Å². The summed E-state index contributed by atoms with van der Waals surface area (Å²) in [4.78, 5) is 12.1. The Morgan fingerprint density at radius 1 is 1.25 bits per heavy atom. The fourth-order valence-corrected chi connectivity index (χ4v) is 2.73. The summed E-state index contributed by atoms with van der Waals surface area (Å²) in [6.07, 6.45) is 2.66. The Labute approximate surface area is 147 Å². The molecule has 3 N–H and O–H groups in total. The number of thioether (sulfide) groups is 1. The zero-order chi connectivity index (χ0) is 17.4. The van der Waals surface area contributed by atoms with Gasteiger partial charge in [-0.05, 0) is 43.0 Å². The van der Waals surface area contributed by atoms with Crippen molar-refractivity contribution in [3.8, 4) is 5.75 Å². The van der Waals surface area contributed by atoms with Gasteiger partial charge in [0.25, 0.3) is 0 Å². The van der Waals surface area contributed by atoms with Gasteiger partial charge in [0, 0.05) is 11.8 Å². The summed E-state index contributed by atoms with van der Waals surface area (Å²) in [6, 6.07) is 15.1. The van der Waals surface area contributed by atoms with Crippen LogP contribution in [0.4, 0.5) is 5.69 Å². The molecule has 0 heterocycles. The second-order valence-corrected chi connectivity index (χ2v) is 6.67. The van der Waals surface area contributed by atoms with Gasteiger partial charge in [-0.25, -0.2) is 0 Å². The van der Waals surface area contributed by atoms with E-state index in [0.29, 0.717) is 24.5 Å². The third kappa shape index (κ3) is 5.91. The summed E-state index contributed by atoms with van der Waals surface area (Å²) in [7, 11) is 0. The van der Waals surface area contributed by atoms with Crippen LogP contribution in [-0.4, -0.2) is 24.0 Å². The number of ether oxygens (including phenoxy) is 1. The Morgan fingerprint density at radius 3 is 2.79 bits per heavy atom. The lowest BCUT2D eigenvalue weighted by Crippen LogP contribution is -2.36. The molecular weight excluding hydrogens is 320 g/mol. The van der Waals surface area contributed by atoms with Gasteiger partial charge in [0.2, 0.25) is 5.91 Å². The van der Waals surface area contributed by atoms with Crippen molar-refractivity contribution in [1.82, 2.24) is 0 Å². The molecule has 0 bridgehead atoms. The van der Waals surface area contributed by atoms with Gasteiger partial charge in [-0.2, -0.15) is 11.8 Å². The Balaban J connectivity index is 1.92. The van der Waals surface area contributed by atoms with Crippen molar-refractivity contribution >= 4 is 23.4 Å². The standard InChI is InChI=1S/C19H24N2O2S/c1-14-5-3-6-15(11-14)13-23-17-8-4-7-16(12-17)21-19(22)18(20)9-10-24-2/h3-8,11-12,18H,9-10,13,20H2,1-2H3,(H,21,22)/t18-/m0/s1. The number of nitrogens with one attached hydrogen (secondary N) is 1. The monoisotopic (exact) mass is 344 g/mol. The zero-order valence-electron chi connectivity index (χ0n) is 14.1. The Bertz CT molecular complexity index is 676. The largest absolute Gasteiger partial charge is 0.489 e. The predicted molar refractivity (Wildman–Crippen MR) is 102 cm³/mol. The van der Waals surface area contributed by atoms with Gasteiger partial charge in [0.1, 0.15) is 12.4 Å². The number of carbonyl (C=O) groups is 1. The Morgan fingerprint density at radius 2 is 2.04 bits per heavy atom. The molecule has 128 valence electrons. The number of amides is 1. The lowest BCUT2D eigenvalue weighted by molar-refractivity contribution is -0.117. The molecule has 0 aliphatic rings. The van der Waals surface area contributed by atoms with Crippen LogP contribution in [0, 0.1) is 6.92 Å². The molecule has 2 aromatic rings. The molecule has 4 nitrogen and oxygen atoms in total. The molecule has 0 spiro atoms. The Hall–Kier alpha value is -1.98. The number of carbonyl (C=O) groups excluding carboxylic acids is 1. The van der Waals surface area contributed by atoms with E-state index in [0.717, 1.165) is 11.3 Å². The second kappa shape index (κ2) is 9.35. The third-order valence-corrected chi connectivity index (χ3v) is 4.20. The van der Waals surface area contributed by atoms with E-state index in [4.69, 9.17) is 10.5 Å². The molecule has 0 aromatic heterocycles. The first-order valence-corrected chi connectivity index (χ1v) is 9.31. The highest BCUT2D eigenvalue weighted by Crippen LogP contribution is 2.19. The molecule has 1 amide bonds. The van der Waals surface area contributed by atoms with Crippen LogP contribution in [-0.2, 0) is 11.4 Å². The van der Waals surface area contributed by atoms with Gasteiger partial charge in [0.05, 0.1) is 6.04 Å². The van der Waals surface area contributed by atoms with E-state index in [-0.39, 0.29) is 5.91 Å². The Kier molecular flexibility index (Phi) is 7.15. The van der Waals surface area contributed by atoms with E-state index in [1.807, 2.05) is 42.7 Å². The van der Waals surface area contributed by atoms with Crippen LogP contribution in [0.25, 0.3) is 0 Å². The minimum Gasteiger partial charge on any atom is -0.489 e. The first-order chi connectivity index (χ1) is 11.6. The summed E-state index contributed by atoms with van der Waals surface area (Å²) >= 11 is 1.68. The van der Waals surface area contributed by atoms with Gasteiger partial charge in [-0.15, -0.1) is 0 Å². The second-order valence-electron chi connectivity index (χ2n) is 5.68. The molecule has 0 saturated heterocycles. The van der Waals surface area contributed by atoms with Crippen molar-refractivity contribution in [2.75, 3.05) is 17.3 Å². The van der Waals surface area contributed by atoms with Gasteiger partial charge >= 0.3 is 0 Å². The van der Waals surface area contributed by atoms with Crippen molar-refractivity contribution in [1.29, 1.82) is 0 Å². The minimum atomic E-state index is -0.491. The highest BCUT2D eigenvalue weighted by atomic mass is 32.2. The normalized spacial score (nSPS) is 11.8. The van der Waals surface area contributed by atoms with Crippen LogP contribution in [0.2, 0.25) is 0 Å². The molecule has 0 unspecified atom stereocenters. The van der Waals surface area contributed by atoms with E-state index in [9.17, 15) is 4.79 Å². The number of nitrogens with two attached hydrogens (primary N) is 1. The molecule has 0 aliphatic carbocycles. The lowest BCUT2D eigenvalue weighted by Gasteiger charge is -2.13. The maximum absolute atomic E-state index is 12.1. The van der Waals surface area contributed by atoms with Crippen LogP contribution in [0.1, 0.15) is 17.5 Å². The number of anilines is 1. The van der Waals surface area contributed by atoms with E-state index in [1.165, 1.54) is 5.56 Å². The maximum Gasteiger partial charge on any atom is 0.241 e. The first kappa shape index (κ1) is 18.4. The topological polar surface area (TPSA) is 64.4 Å². The predicted octanol–water partition coefficient (Wildman–Crippen LogP) is 3.59. The summed E-state index contributed by atoms with van der Waals surface area (Å²) < 4.78 is 5.81. The van der Waals surface area contributed by atoms with Crippen molar-refractivity contribution in [2.24, 2.45) is 5.73 Å². The van der Waals surface area contributed by atoms with Crippen molar-refractivity contribution in [3.63, 3.8) is 0 Å². The summed E-state index contributed by atoms with van der Waals surface area (Å²) in [5.41, 5.74) is 8.90. The van der Waals surface area contributed by atoms with E-state index >= 15 is 0 Å². The maximum atomic E-state index is 12.1. The van der Waals surface area contributed by atoms with Crippen molar-refractivity contribution < 1.29 is 9.53 Å². The van der Waals surface area contributed by atoms with Crippen LogP contribution in [0.5, 0.6) is 5.75 Å². The number of benzene rings is 2. The van der Waals surface area contributed by atoms with Crippen LogP contribution in [0.3, 0.4) is 0 Å². The molecule has 0 fully saturated rings. The quantitative estimate of drug-likeness (QED) is 0.768. The first-order valence-electron chi connectivity index (χ1n) is 7.92. The molecular formula is C19H24N2O2S. The highest BCUT2D eigenvalue weighted by Gasteiger charge is 2.13. The average Bonchev–Trinajstić information content (AvgIpc) is 2.58. The molecule has 2 aromatic carbocycles. The molecule has 0 radical (unpaired) electrons. The van der Waals surface area contributed by atoms with Gasteiger partial charge in [0.15, 0.2) is 0 Å². The van der Waals surface area contributed by atoms with Gasteiger partial charge in [-0.3, -0.25) is 4.79 Å². The van der Waals surface area contributed by atoms with E-state index in [2.05, 4.69) is 24.4 Å². The van der Waals surface area contributed by atoms with Gasteiger partial charge in [-0.1, -0.05) is 35.9 Å². The average molecular weight is 344 g/mol. The minimum absolute atomic E-state index is 0.167. The summed E-state index contributed by atoms with van der Waals surface area (Å²) in [5.74, 6) is 1.42. The SMILES string of the molecule is CSCC[C@H](N)C(=O)Nc1cccc(OCc2cccc(C)c2)c1. The molecule has 1 atom stereocenters. The molecule has 24 heavy (non-hydrogen) atoms. The molecule has 2 rings (SSSR count). The summed E-state index contributed by atoms with van der Waals surface area (Å²) in [5, 5.41) is 2.85. The van der Waals surface area contributed by atoms with Crippen LogP contribution >= 0.6 is 11.8 Å². The fraction of sp³-hybridized carbons (Fsp3) is 0.316. The number of hydrogen-bond donors (Lipinski definition) is 2. The van der Waals surface area contributed by atoms with Crippen molar-refractivity contribution in [2.45, 2.75) is 26.0 Å².